The number of imide groups is 1. The van der Waals surface area contributed by atoms with Gasteiger partial charge in [0.25, 0.3) is 5.91 Å². The first kappa shape index (κ1) is 14.8. The average molecular weight is 313 g/mol. The van der Waals surface area contributed by atoms with Crippen molar-refractivity contribution in [1.82, 2.24) is 14.8 Å². The molecule has 7 nitrogen and oxygen atoms in total. The van der Waals surface area contributed by atoms with Crippen molar-refractivity contribution in [3.05, 3.63) is 54.4 Å². The number of amides is 3. The fraction of sp³-hybridized carbons (Fsp3) is 0.188. The third-order valence-corrected chi connectivity index (χ3v) is 3.49. The number of aromatic nitrogens is 1. The molecule has 0 atom stereocenters. The Bertz CT molecular complexity index is 722. The number of urea groups is 1. The molecule has 0 bridgehead atoms. The fourth-order valence-corrected chi connectivity index (χ4v) is 2.27. The third kappa shape index (κ3) is 3.23. The van der Waals surface area contributed by atoms with E-state index in [1.807, 2.05) is 29.1 Å². The second-order valence-electron chi connectivity index (χ2n) is 4.99. The number of benzene rings is 1. The number of carbonyl (C=O) groups excluding carboxylic acids is 3. The van der Waals surface area contributed by atoms with Gasteiger partial charge in [-0.1, -0.05) is 0 Å². The normalized spacial score (nSPS) is 13.7. The molecular formula is C16H15N3O4. The van der Waals surface area contributed by atoms with Crippen molar-refractivity contribution in [2.45, 2.75) is 0 Å². The number of nitrogens with one attached hydrogen (secondary N) is 1. The Labute approximate surface area is 132 Å². The first-order valence-electron chi connectivity index (χ1n) is 7.14. The van der Waals surface area contributed by atoms with Gasteiger partial charge >= 0.3 is 12.0 Å². The van der Waals surface area contributed by atoms with E-state index in [1.54, 1.807) is 24.3 Å². The Morgan fingerprint density at radius 2 is 1.83 bits per heavy atom. The fourth-order valence-electron chi connectivity index (χ4n) is 2.27. The topological polar surface area (TPSA) is 80.6 Å². The van der Waals surface area contributed by atoms with Crippen LogP contribution in [-0.2, 0) is 9.53 Å². The van der Waals surface area contributed by atoms with Crippen LogP contribution in [0.25, 0.3) is 5.69 Å². The van der Waals surface area contributed by atoms with Gasteiger partial charge in [-0.2, -0.15) is 0 Å². The van der Waals surface area contributed by atoms with E-state index < -0.39 is 24.5 Å². The number of carbonyl (C=O) groups is 3. The molecule has 0 aliphatic carbocycles. The smallest absolute Gasteiger partial charge is 0.338 e. The molecule has 1 aliphatic rings. The maximum absolute atomic E-state index is 11.9. The first-order valence-corrected chi connectivity index (χ1v) is 7.14. The van der Waals surface area contributed by atoms with Crippen molar-refractivity contribution in [3.8, 4) is 5.69 Å². The molecule has 3 amide bonds. The summed E-state index contributed by atoms with van der Waals surface area (Å²) < 4.78 is 6.87. The van der Waals surface area contributed by atoms with E-state index in [9.17, 15) is 14.4 Å². The lowest BCUT2D eigenvalue weighted by Gasteiger charge is -2.12. The summed E-state index contributed by atoms with van der Waals surface area (Å²) in [5.41, 5.74) is 1.26. The second-order valence-corrected chi connectivity index (χ2v) is 4.99. The minimum atomic E-state index is -0.600. The number of rotatable bonds is 4. The molecule has 0 saturated carbocycles. The molecule has 1 fully saturated rings. The molecule has 2 aromatic rings. The lowest BCUT2D eigenvalue weighted by molar-refractivity contribution is -0.130. The maximum atomic E-state index is 11.9. The van der Waals surface area contributed by atoms with E-state index in [0.717, 1.165) is 10.6 Å². The number of hydrogen-bond acceptors (Lipinski definition) is 4. The van der Waals surface area contributed by atoms with E-state index in [0.29, 0.717) is 18.7 Å². The zero-order chi connectivity index (χ0) is 16.2. The number of hydrogen-bond donors (Lipinski definition) is 1. The van der Waals surface area contributed by atoms with Crippen molar-refractivity contribution >= 4 is 17.9 Å². The zero-order valence-electron chi connectivity index (χ0n) is 12.3. The second kappa shape index (κ2) is 6.35. The Kier molecular flexibility index (Phi) is 4.09. The van der Waals surface area contributed by atoms with E-state index in [-0.39, 0.29) is 0 Å². The van der Waals surface area contributed by atoms with Crippen LogP contribution in [-0.4, -0.2) is 47.1 Å². The average Bonchev–Trinajstić information content (AvgIpc) is 3.24. The van der Waals surface area contributed by atoms with E-state index in [1.165, 1.54) is 0 Å². The summed E-state index contributed by atoms with van der Waals surface area (Å²) in [5.74, 6) is -1.13. The van der Waals surface area contributed by atoms with Crippen LogP contribution in [0.5, 0.6) is 0 Å². The van der Waals surface area contributed by atoms with Crippen molar-refractivity contribution < 1.29 is 19.1 Å². The summed E-state index contributed by atoms with van der Waals surface area (Å²) in [6.45, 7) is 0.256. The van der Waals surface area contributed by atoms with Crippen LogP contribution in [0.15, 0.2) is 48.8 Å². The monoisotopic (exact) mass is 313 g/mol. The predicted molar refractivity (Wildman–Crippen MR) is 81.2 cm³/mol. The van der Waals surface area contributed by atoms with E-state index >= 15 is 0 Å². The molecule has 7 heteroatoms. The van der Waals surface area contributed by atoms with Crippen LogP contribution in [0.4, 0.5) is 4.79 Å². The van der Waals surface area contributed by atoms with Gasteiger partial charge in [0.15, 0.2) is 6.61 Å². The molecule has 0 spiro atoms. The quantitative estimate of drug-likeness (QED) is 0.860. The predicted octanol–water partition coefficient (Wildman–Crippen LogP) is 1.19. The van der Waals surface area contributed by atoms with Gasteiger partial charge in [-0.05, 0) is 36.4 Å². The number of ether oxygens (including phenoxy) is 1. The Hall–Kier alpha value is -3.09. The van der Waals surface area contributed by atoms with Gasteiger partial charge in [-0.25, -0.2) is 9.59 Å². The van der Waals surface area contributed by atoms with Crippen molar-refractivity contribution in [1.29, 1.82) is 0 Å². The van der Waals surface area contributed by atoms with Crippen LogP contribution >= 0.6 is 0 Å². The van der Waals surface area contributed by atoms with Gasteiger partial charge in [-0.15, -0.1) is 0 Å². The van der Waals surface area contributed by atoms with Crippen LogP contribution in [0.3, 0.4) is 0 Å². The van der Waals surface area contributed by atoms with Crippen LogP contribution in [0, 0.1) is 0 Å². The summed E-state index contributed by atoms with van der Waals surface area (Å²) >= 11 is 0. The van der Waals surface area contributed by atoms with Crippen LogP contribution in [0.1, 0.15) is 10.4 Å². The Morgan fingerprint density at radius 1 is 1.13 bits per heavy atom. The lowest BCUT2D eigenvalue weighted by atomic mass is 10.2. The summed E-state index contributed by atoms with van der Waals surface area (Å²) in [6, 6.07) is 10.2. The number of nitrogens with zero attached hydrogens (tertiary/aromatic N) is 2. The standard InChI is InChI=1S/C16H15N3O4/c20-14(19-10-7-17-16(19)22)11-23-15(21)12-3-5-13(6-4-12)18-8-1-2-9-18/h1-6,8-9H,7,10-11H2,(H,17,22). The Morgan fingerprint density at radius 3 is 2.43 bits per heavy atom. The largest absolute Gasteiger partial charge is 0.452 e. The molecule has 0 unspecified atom stereocenters. The van der Waals surface area contributed by atoms with Gasteiger partial charge in [0, 0.05) is 31.2 Å². The summed E-state index contributed by atoms with van der Waals surface area (Å²) in [6.07, 6.45) is 3.79. The highest BCUT2D eigenvalue weighted by Gasteiger charge is 2.26. The van der Waals surface area contributed by atoms with Crippen LogP contribution in [0.2, 0.25) is 0 Å². The first-order chi connectivity index (χ1) is 11.1. The molecule has 1 saturated heterocycles. The molecular weight excluding hydrogens is 298 g/mol. The van der Waals surface area contributed by atoms with Crippen molar-refractivity contribution in [2.75, 3.05) is 19.7 Å². The van der Waals surface area contributed by atoms with E-state index in [4.69, 9.17) is 4.74 Å². The minimum absolute atomic E-state index is 0.292. The summed E-state index contributed by atoms with van der Waals surface area (Å²) in [4.78, 5) is 36.1. The van der Waals surface area contributed by atoms with E-state index in [2.05, 4.69) is 5.32 Å². The molecule has 118 valence electrons. The molecule has 1 aliphatic heterocycles. The van der Waals surface area contributed by atoms with Gasteiger partial charge in [0.2, 0.25) is 0 Å². The van der Waals surface area contributed by atoms with Crippen molar-refractivity contribution in [3.63, 3.8) is 0 Å². The zero-order valence-corrected chi connectivity index (χ0v) is 12.3. The lowest BCUT2D eigenvalue weighted by Crippen LogP contribution is -2.37. The maximum Gasteiger partial charge on any atom is 0.338 e. The molecule has 2 heterocycles. The van der Waals surface area contributed by atoms with Gasteiger partial charge < -0.3 is 14.6 Å². The summed E-state index contributed by atoms with van der Waals surface area (Å²) in [5, 5.41) is 2.51. The highest BCUT2D eigenvalue weighted by Crippen LogP contribution is 2.11. The highest BCUT2D eigenvalue weighted by atomic mass is 16.5. The number of esters is 1. The van der Waals surface area contributed by atoms with Gasteiger partial charge in [0.05, 0.1) is 5.56 Å². The molecule has 23 heavy (non-hydrogen) atoms. The van der Waals surface area contributed by atoms with Gasteiger partial charge in [-0.3, -0.25) is 9.69 Å². The summed E-state index contributed by atoms with van der Waals surface area (Å²) in [7, 11) is 0. The third-order valence-electron chi connectivity index (χ3n) is 3.49. The SMILES string of the molecule is O=C(OCC(=O)N1CCNC1=O)c1ccc(-n2cccc2)cc1. The van der Waals surface area contributed by atoms with Crippen LogP contribution < -0.4 is 5.32 Å². The highest BCUT2D eigenvalue weighted by molar-refractivity contribution is 5.98. The molecule has 1 aromatic heterocycles. The molecule has 1 N–H and O–H groups in total. The Balaban J connectivity index is 1.58. The molecule has 3 rings (SSSR count). The molecule has 1 aromatic carbocycles. The molecule has 0 radical (unpaired) electrons. The van der Waals surface area contributed by atoms with Crippen molar-refractivity contribution in [2.24, 2.45) is 0 Å². The minimum Gasteiger partial charge on any atom is -0.452 e. The van der Waals surface area contributed by atoms with Gasteiger partial charge in [0.1, 0.15) is 0 Å².